The van der Waals surface area contributed by atoms with Gasteiger partial charge in [-0.25, -0.2) is 4.98 Å². The number of fused-ring (bicyclic) bond motifs is 1. The maximum atomic E-state index is 13.2. The van der Waals surface area contributed by atoms with Gasteiger partial charge in [-0.15, -0.1) is 11.3 Å². The van der Waals surface area contributed by atoms with Gasteiger partial charge in [0.05, 0.1) is 15.7 Å². The molecule has 0 saturated carbocycles. The predicted octanol–water partition coefficient (Wildman–Crippen LogP) is 6.98. The van der Waals surface area contributed by atoms with Gasteiger partial charge >= 0.3 is 0 Å². The van der Waals surface area contributed by atoms with Crippen LogP contribution in [0.4, 0.5) is 5.69 Å². The molecule has 1 fully saturated rings. The molecule has 1 aliphatic rings. The summed E-state index contributed by atoms with van der Waals surface area (Å²) in [7, 11) is 0. The van der Waals surface area contributed by atoms with E-state index in [4.69, 9.17) is 0 Å². The molecule has 2 heterocycles. The monoisotopic (exact) mass is 455 g/mol. The van der Waals surface area contributed by atoms with Gasteiger partial charge in [0, 0.05) is 29.9 Å². The first-order chi connectivity index (χ1) is 16.1. The third-order valence-corrected chi connectivity index (χ3v) is 7.58. The van der Waals surface area contributed by atoms with Crippen LogP contribution < -0.4 is 5.32 Å². The number of amides is 1. The van der Waals surface area contributed by atoms with E-state index in [-0.39, 0.29) is 5.91 Å². The Morgan fingerprint density at radius 1 is 1.03 bits per heavy atom. The van der Waals surface area contributed by atoms with Crippen LogP contribution in [0.15, 0.2) is 72.2 Å². The zero-order chi connectivity index (χ0) is 22.8. The molecule has 1 amide bonds. The van der Waals surface area contributed by atoms with Crippen molar-refractivity contribution >= 4 is 33.1 Å². The minimum absolute atomic E-state index is 0.0924. The average molecular weight is 456 g/mol. The number of hydrogen-bond acceptors (Lipinski definition) is 4. The fourth-order valence-corrected chi connectivity index (χ4v) is 5.55. The van der Waals surface area contributed by atoms with Gasteiger partial charge < -0.3 is 5.32 Å². The summed E-state index contributed by atoms with van der Waals surface area (Å²) in [5.41, 5.74) is 7.76. The topological polar surface area (TPSA) is 45.2 Å². The second-order valence-electron chi connectivity index (χ2n) is 9.03. The lowest BCUT2D eigenvalue weighted by Crippen LogP contribution is -2.43. The van der Waals surface area contributed by atoms with Crippen LogP contribution in [0.2, 0.25) is 0 Å². The molecule has 0 spiro atoms. The Morgan fingerprint density at radius 2 is 1.82 bits per heavy atom. The Hall–Kier alpha value is -3.02. The van der Waals surface area contributed by atoms with Crippen LogP contribution in [0.3, 0.4) is 0 Å². The van der Waals surface area contributed by atoms with E-state index >= 15 is 0 Å². The van der Waals surface area contributed by atoms with Crippen molar-refractivity contribution in [2.75, 3.05) is 5.32 Å². The molecular weight excluding hydrogens is 426 g/mol. The Bertz CT molecular complexity index is 1260. The van der Waals surface area contributed by atoms with Gasteiger partial charge in [-0.2, -0.15) is 0 Å². The van der Waals surface area contributed by atoms with E-state index in [0.717, 1.165) is 22.4 Å². The second-order valence-corrected chi connectivity index (χ2v) is 9.91. The number of carbonyl (C=O) groups excluding carboxylic acids is 1. The third-order valence-electron chi connectivity index (χ3n) is 6.77. The molecule has 2 atom stereocenters. The minimum Gasteiger partial charge on any atom is -0.322 e. The Balaban J connectivity index is 1.46. The highest BCUT2D eigenvalue weighted by Crippen LogP contribution is 2.31. The maximum absolute atomic E-state index is 13.2. The molecule has 4 nitrogen and oxygen atoms in total. The molecule has 1 aromatic heterocycles. The van der Waals surface area contributed by atoms with E-state index in [0.29, 0.717) is 17.6 Å². The van der Waals surface area contributed by atoms with Crippen molar-refractivity contribution in [1.29, 1.82) is 0 Å². The number of hydrogen-bond donors (Lipinski definition) is 1. The van der Waals surface area contributed by atoms with E-state index in [2.05, 4.69) is 65.4 Å². The fourth-order valence-electron chi connectivity index (χ4n) is 4.89. The van der Waals surface area contributed by atoms with Gasteiger partial charge in [-0.3, -0.25) is 9.69 Å². The van der Waals surface area contributed by atoms with Gasteiger partial charge in [-0.05, 0) is 73.7 Å². The van der Waals surface area contributed by atoms with Gasteiger partial charge in [0.15, 0.2) is 0 Å². The number of thiazole rings is 1. The molecule has 1 aliphatic heterocycles. The number of rotatable bonds is 5. The number of nitrogens with zero attached hydrogens (tertiary/aromatic N) is 2. The highest BCUT2D eigenvalue weighted by Gasteiger charge is 2.26. The van der Waals surface area contributed by atoms with Crippen LogP contribution in [0.1, 0.15) is 49.0 Å². The van der Waals surface area contributed by atoms with Crippen molar-refractivity contribution in [3.8, 4) is 11.1 Å². The molecule has 0 aliphatic carbocycles. The van der Waals surface area contributed by atoms with Crippen molar-refractivity contribution < 1.29 is 4.79 Å². The number of piperidine rings is 1. The average Bonchev–Trinajstić information content (AvgIpc) is 3.30. The van der Waals surface area contributed by atoms with Crippen LogP contribution in [-0.4, -0.2) is 27.9 Å². The highest BCUT2D eigenvalue weighted by molar-refractivity contribution is 7.16. The van der Waals surface area contributed by atoms with Gasteiger partial charge in [0.1, 0.15) is 0 Å². The van der Waals surface area contributed by atoms with E-state index in [9.17, 15) is 4.79 Å². The highest BCUT2D eigenvalue weighted by atomic mass is 32.1. The number of benzene rings is 3. The van der Waals surface area contributed by atoms with E-state index < -0.39 is 0 Å². The third kappa shape index (κ3) is 4.70. The molecule has 5 heteroatoms. The molecular formula is C28H29N3OS. The zero-order valence-corrected chi connectivity index (χ0v) is 19.9. The second kappa shape index (κ2) is 9.46. The molecule has 0 bridgehead atoms. The zero-order valence-electron chi connectivity index (χ0n) is 19.1. The smallest absolute Gasteiger partial charge is 0.255 e. The molecule has 2 unspecified atom stereocenters. The first-order valence-corrected chi connectivity index (χ1v) is 12.5. The van der Waals surface area contributed by atoms with E-state index in [1.54, 1.807) is 11.3 Å². The van der Waals surface area contributed by atoms with E-state index in [1.165, 1.54) is 36.0 Å². The number of anilines is 1. The minimum atomic E-state index is -0.0924. The lowest BCUT2D eigenvalue weighted by atomic mass is 9.93. The largest absolute Gasteiger partial charge is 0.322 e. The Morgan fingerprint density at radius 3 is 2.61 bits per heavy atom. The number of likely N-dealkylation sites (tertiary alicyclic amines) is 1. The number of aromatic nitrogens is 1. The standard InChI is InChI=1S/C28H29N3OS/c1-19-7-6-8-20(2)31(19)17-23-15-22(11-13-25(23)21-9-4-3-5-10-21)28(32)30-24-12-14-27-26(16-24)29-18-33-27/h3-5,9-16,18-20H,6-8,17H2,1-2H3,(H,30,32). The number of carbonyl (C=O) groups is 1. The van der Waals surface area contributed by atoms with E-state index in [1.807, 2.05) is 35.8 Å². The Kier molecular flexibility index (Phi) is 6.25. The summed E-state index contributed by atoms with van der Waals surface area (Å²) in [4.78, 5) is 20.1. The van der Waals surface area contributed by atoms with Crippen LogP contribution in [0.25, 0.3) is 21.3 Å². The fraction of sp³-hybridized carbons (Fsp3) is 0.286. The van der Waals surface area contributed by atoms with Gasteiger partial charge in [-0.1, -0.05) is 42.8 Å². The van der Waals surface area contributed by atoms with Crippen LogP contribution >= 0.6 is 11.3 Å². The van der Waals surface area contributed by atoms with Gasteiger partial charge in [0.25, 0.3) is 5.91 Å². The molecule has 1 saturated heterocycles. The van der Waals surface area contributed by atoms with Crippen LogP contribution in [0, 0.1) is 0 Å². The quantitative estimate of drug-likeness (QED) is 0.353. The first kappa shape index (κ1) is 21.8. The molecule has 1 N–H and O–H groups in total. The summed E-state index contributed by atoms with van der Waals surface area (Å²) in [5.74, 6) is -0.0924. The molecule has 168 valence electrons. The van der Waals surface area contributed by atoms with Crippen molar-refractivity contribution in [3.05, 3.63) is 83.4 Å². The predicted molar refractivity (Wildman–Crippen MR) is 138 cm³/mol. The summed E-state index contributed by atoms with van der Waals surface area (Å²) in [6.07, 6.45) is 3.74. The lowest BCUT2D eigenvalue weighted by Gasteiger charge is -2.39. The molecule has 5 rings (SSSR count). The van der Waals surface area contributed by atoms with Crippen molar-refractivity contribution in [3.63, 3.8) is 0 Å². The lowest BCUT2D eigenvalue weighted by molar-refractivity contribution is 0.0953. The summed E-state index contributed by atoms with van der Waals surface area (Å²) < 4.78 is 1.12. The molecule has 0 radical (unpaired) electrons. The van der Waals surface area contributed by atoms with Crippen molar-refractivity contribution in [2.24, 2.45) is 0 Å². The molecule has 4 aromatic rings. The van der Waals surface area contributed by atoms with Crippen LogP contribution in [0.5, 0.6) is 0 Å². The normalized spacial score (nSPS) is 19.0. The summed E-state index contributed by atoms with van der Waals surface area (Å²) in [6, 6.07) is 23.5. The molecule has 3 aromatic carbocycles. The summed E-state index contributed by atoms with van der Waals surface area (Å²) >= 11 is 1.60. The first-order valence-electron chi connectivity index (χ1n) is 11.7. The SMILES string of the molecule is CC1CCCC(C)N1Cc1cc(C(=O)Nc2ccc3scnc3c2)ccc1-c1ccccc1. The summed E-state index contributed by atoms with van der Waals surface area (Å²) in [5, 5.41) is 3.06. The summed E-state index contributed by atoms with van der Waals surface area (Å²) in [6.45, 7) is 5.49. The van der Waals surface area contributed by atoms with Crippen LogP contribution in [-0.2, 0) is 6.54 Å². The van der Waals surface area contributed by atoms with Crippen molar-refractivity contribution in [1.82, 2.24) is 9.88 Å². The van der Waals surface area contributed by atoms with Gasteiger partial charge in [0.2, 0.25) is 0 Å². The number of nitrogens with one attached hydrogen (secondary N) is 1. The molecule has 33 heavy (non-hydrogen) atoms. The van der Waals surface area contributed by atoms with Crippen molar-refractivity contribution in [2.45, 2.75) is 51.7 Å². The Labute approximate surface area is 199 Å². The maximum Gasteiger partial charge on any atom is 0.255 e.